The highest BCUT2D eigenvalue weighted by Gasteiger charge is 2.29. The van der Waals surface area contributed by atoms with E-state index in [-0.39, 0.29) is 17.9 Å². The molecular weight excluding hydrogens is 277 g/mol. The van der Waals surface area contributed by atoms with Gasteiger partial charge in [0.1, 0.15) is 0 Å². The van der Waals surface area contributed by atoms with Crippen LogP contribution < -0.4 is 5.73 Å². The molecule has 0 unspecified atom stereocenters. The molecule has 1 saturated heterocycles. The highest BCUT2D eigenvalue weighted by Crippen LogP contribution is 2.30. The lowest BCUT2D eigenvalue weighted by Gasteiger charge is -2.33. The Hall–Kier alpha value is -0.0900. The third-order valence-electron chi connectivity index (χ3n) is 2.78. The number of benzene rings is 1. The van der Waals surface area contributed by atoms with E-state index < -0.39 is 0 Å². The second kappa shape index (κ2) is 5.30. The van der Waals surface area contributed by atoms with Crippen LogP contribution in [-0.4, -0.2) is 13.2 Å². The Labute approximate surface area is 105 Å². The molecule has 0 saturated carbocycles. The van der Waals surface area contributed by atoms with Crippen molar-refractivity contribution in [3.05, 3.63) is 34.3 Å². The second-order valence-corrected chi connectivity index (χ2v) is 4.69. The van der Waals surface area contributed by atoms with Crippen molar-refractivity contribution in [2.24, 2.45) is 5.73 Å². The van der Waals surface area contributed by atoms with Crippen LogP contribution in [0.4, 0.5) is 0 Å². The maximum absolute atomic E-state index is 6.35. The summed E-state index contributed by atoms with van der Waals surface area (Å²) in [6.45, 7) is 1.53. The Balaban J connectivity index is 0.00000112. The molecule has 0 bridgehead atoms. The Bertz CT molecular complexity index is 326. The maximum Gasteiger partial charge on any atom is 0.0486 e. The van der Waals surface area contributed by atoms with Crippen LogP contribution in [0.1, 0.15) is 18.4 Å². The number of ether oxygens (including phenoxy) is 1. The molecule has 0 aliphatic carbocycles. The molecule has 0 aromatic heterocycles. The van der Waals surface area contributed by atoms with Crippen LogP contribution >= 0.6 is 28.3 Å². The molecule has 1 aromatic carbocycles. The Morgan fingerprint density at radius 2 is 1.93 bits per heavy atom. The summed E-state index contributed by atoms with van der Waals surface area (Å²) in [6.07, 6.45) is 1.81. The van der Waals surface area contributed by atoms with E-state index in [0.717, 1.165) is 30.5 Å². The molecule has 0 spiro atoms. The fraction of sp³-hybridized carbons (Fsp3) is 0.455. The van der Waals surface area contributed by atoms with Gasteiger partial charge in [0.2, 0.25) is 0 Å². The van der Waals surface area contributed by atoms with E-state index in [1.807, 2.05) is 12.1 Å². The molecule has 0 atom stereocenters. The van der Waals surface area contributed by atoms with Crippen molar-refractivity contribution in [3.8, 4) is 0 Å². The van der Waals surface area contributed by atoms with Gasteiger partial charge in [0.15, 0.2) is 0 Å². The third kappa shape index (κ3) is 2.94. The van der Waals surface area contributed by atoms with Gasteiger partial charge in [0.25, 0.3) is 0 Å². The summed E-state index contributed by atoms with van der Waals surface area (Å²) in [5.41, 5.74) is 7.36. The molecule has 2 nitrogen and oxygen atoms in total. The average Bonchev–Trinajstić information content (AvgIpc) is 2.19. The Morgan fingerprint density at radius 3 is 2.53 bits per heavy atom. The highest BCUT2D eigenvalue weighted by molar-refractivity contribution is 9.10. The van der Waals surface area contributed by atoms with E-state index >= 15 is 0 Å². The van der Waals surface area contributed by atoms with Crippen molar-refractivity contribution in [2.45, 2.75) is 18.4 Å². The van der Waals surface area contributed by atoms with Crippen molar-refractivity contribution in [1.29, 1.82) is 0 Å². The summed E-state index contributed by atoms with van der Waals surface area (Å²) in [6, 6.07) is 8.25. The predicted octanol–water partition coefficient (Wildman–Crippen LogP) is 2.84. The summed E-state index contributed by atoms with van der Waals surface area (Å²) < 4.78 is 6.41. The van der Waals surface area contributed by atoms with Gasteiger partial charge in [-0.25, -0.2) is 0 Å². The number of hydrogen-bond acceptors (Lipinski definition) is 2. The van der Waals surface area contributed by atoms with Crippen molar-refractivity contribution < 1.29 is 4.74 Å². The lowest BCUT2D eigenvalue weighted by molar-refractivity contribution is 0.0522. The summed E-state index contributed by atoms with van der Waals surface area (Å²) in [5, 5.41) is 0. The fourth-order valence-corrected chi connectivity index (χ4v) is 2.22. The summed E-state index contributed by atoms with van der Waals surface area (Å²) in [4.78, 5) is 0. The third-order valence-corrected chi connectivity index (χ3v) is 3.28. The minimum absolute atomic E-state index is 0. The van der Waals surface area contributed by atoms with E-state index in [9.17, 15) is 0 Å². The van der Waals surface area contributed by atoms with Gasteiger partial charge >= 0.3 is 0 Å². The van der Waals surface area contributed by atoms with Crippen LogP contribution in [0.15, 0.2) is 28.7 Å². The van der Waals surface area contributed by atoms with Crippen molar-refractivity contribution in [3.63, 3.8) is 0 Å². The minimum Gasteiger partial charge on any atom is -0.381 e. The van der Waals surface area contributed by atoms with Crippen LogP contribution in [0.2, 0.25) is 0 Å². The molecule has 1 aliphatic rings. The summed E-state index contributed by atoms with van der Waals surface area (Å²) >= 11 is 3.47. The largest absolute Gasteiger partial charge is 0.381 e. The first-order valence-electron chi connectivity index (χ1n) is 4.83. The molecular formula is C11H15BrClNO. The van der Waals surface area contributed by atoms with E-state index in [4.69, 9.17) is 10.5 Å². The van der Waals surface area contributed by atoms with Gasteiger partial charge in [0, 0.05) is 23.2 Å². The Morgan fingerprint density at radius 1 is 1.27 bits per heavy atom. The molecule has 84 valence electrons. The van der Waals surface area contributed by atoms with Crippen LogP contribution in [0.5, 0.6) is 0 Å². The smallest absolute Gasteiger partial charge is 0.0486 e. The zero-order valence-electron chi connectivity index (χ0n) is 8.41. The number of halogens is 2. The fourth-order valence-electron chi connectivity index (χ4n) is 1.82. The molecule has 4 heteroatoms. The lowest BCUT2D eigenvalue weighted by atomic mass is 9.84. The summed E-state index contributed by atoms with van der Waals surface area (Å²) in [7, 11) is 0. The maximum atomic E-state index is 6.35. The van der Waals surface area contributed by atoms with Gasteiger partial charge in [-0.15, -0.1) is 12.4 Å². The predicted molar refractivity (Wildman–Crippen MR) is 67.3 cm³/mol. The number of nitrogens with two attached hydrogens (primary N) is 1. The van der Waals surface area contributed by atoms with E-state index in [1.54, 1.807) is 0 Å². The molecule has 0 radical (unpaired) electrons. The zero-order valence-corrected chi connectivity index (χ0v) is 10.8. The summed E-state index contributed by atoms with van der Waals surface area (Å²) in [5.74, 6) is 0. The Kier molecular flexibility index (Phi) is 4.59. The molecule has 2 N–H and O–H groups in total. The van der Waals surface area contributed by atoms with Gasteiger partial charge in [-0.3, -0.25) is 0 Å². The number of rotatable bonds is 1. The highest BCUT2D eigenvalue weighted by atomic mass is 79.9. The van der Waals surface area contributed by atoms with Gasteiger partial charge in [-0.1, -0.05) is 28.1 Å². The second-order valence-electron chi connectivity index (χ2n) is 3.78. The first kappa shape index (κ1) is 13.0. The first-order valence-corrected chi connectivity index (χ1v) is 5.63. The molecule has 15 heavy (non-hydrogen) atoms. The molecule has 0 amide bonds. The average molecular weight is 293 g/mol. The molecule has 1 heterocycles. The van der Waals surface area contributed by atoms with E-state index in [2.05, 4.69) is 28.1 Å². The van der Waals surface area contributed by atoms with Crippen molar-refractivity contribution in [2.75, 3.05) is 13.2 Å². The minimum atomic E-state index is -0.192. The van der Waals surface area contributed by atoms with Gasteiger partial charge in [-0.05, 0) is 30.5 Å². The topological polar surface area (TPSA) is 35.2 Å². The normalized spacial score (nSPS) is 19.3. The van der Waals surface area contributed by atoms with Crippen LogP contribution in [-0.2, 0) is 10.3 Å². The van der Waals surface area contributed by atoms with Gasteiger partial charge in [0.05, 0.1) is 0 Å². The molecule has 1 fully saturated rings. The molecule has 1 aromatic rings. The van der Waals surface area contributed by atoms with Crippen LogP contribution in [0.3, 0.4) is 0 Å². The molecule has 2 rings (SSSR count). The van der Waals surface area contributed by atoms with Gasteiger partial charge in [-0.2, -0.15) is 0 Å². The first-order chi connectivity index (χ1) is 6.71. The number of hydrogen-bond donors (Lipinski definition) is 1. The monoisotopic (exact) mass is 291 g/mol. The zero-order chi connectivity index (χ0) is 10.0. The molecule has 1 aliphatic heterocycles. The van der Waals surface area contributed by atoms with Gasteiger partial charge < -0.3 is 10.5 Å². The van der Waals surface area contributed by atoms with Crippen LogP contribution in [0, 0.1) is 0 Å². The standard InChI is InChI=1S/C11H14BrNO.ClH/c12-10-3-1-2-9(8-10)11(13)4-6-14-7-5-11;/h1-3,8H,4-7,13H2;1H. The van der Waals surface area contributed by atoms with E-state index in [0.29, 0.717) is 0 Å². The quantitative estimate of drug-likeness (QED) is 0.864. The van der Waals surface area contributed by atoms with E-state index in [1.165, 1.54) is 5.56 Å². The van der Waals surface area contributed by atoms with Crippen LogP contribution in [0.25, 0.3) is 0 Å². The SMILES string of the molecule is Cl.NC1(c2cccc(Br)c2)CCOCC1. The van der Waals surface area contributed by atoms with Crippen molar-refractivity contribution in [1.82, 2.24) is 0 Å². The lowest BCUT2D eigenvalue weighted by Crippen LogP contribution is -2.42. The van der Waals surface area contributed by atoms with Crippen molar-refractivity contribution >= 4 is 28.3 Å².